The summed E-state index contributed by atoms with van der Waals surface area (Å²) < 4.78 is 48.9. The van der Waals surface area contributed by atoms with Crippen LogP contribution in [0.4, 0.5) is 13.2 Å². The summed E-state index contributed by atoms with van der Waals surface area (Å²) in [6, 6.07) is 2.28. The Kier molecular flexibility index (Phi) is 6.71. The fourth-order valence-corrected chi connectivity index (χ4v) is 1.96. The Balaban J connectivity index is 0.00000441. The summed E-state index contributed by atoms with van der Waals surface area (Å²) in [6.07, 6.45) is -4.60. The van der Waals surface area contributed by atoms with Crippen molar-refractivity contribution in [3.8, 4) is 5.75 Å². The zero-order chi connectivity index (χ0) is 16.4. The lowest BCUT2D eigenvalue weighted by Crippen LogP contribution is -2.38. The van der Waals surface area contributed by atoms with Gasteiger partial charge >= 0.3 is 12.1 Å². The highest BCUT2D eigenvalue weighted by Crippen LogP contribution is 2.41. The molecule has 1 aromatic carbocycles. The number of hydrogen-bond acceptors (Lipinski definition) is 4. The molecule has 1 rings (SSSR count). The minimum atomic E-state index is -4.60. The maximum absolute atomic E-state index is 13.2. The Morgan fingerprint density at radius 2 is 1.77 bits per heavy atom. The first-order chi connectivity index (χ1) is 9.55. The molecule has 0 aromatic heterocycles. The summed E-state index contributed by atoms with van der Waals surface area (Å²) in [5.74, 6) is -0.618. The maximum Gasteiger partial charge on any atom is 0.416 e. The third-order valence-electron chi connectivity index (χ3n) is 3.39. The lowest BCUT2D eigenvalue weighted by Gasteiger charge is -2.30. The van der Waals surface area contributed by atoms with E-state index in [4.69, 9.17) is 10.5 Å². The molecule has 0 heterocycles. The third kappa shape index (κ3) is 4.04. The molecule has 1 atom stereocenters. The molecule has 22 heavy (non-hydrogen) atoms. The number of hydrogen-bond donors (Lipinski definition) is 1. The smallest absolute Gasteiger partial charge is 0.416 e. The molecule has 0 radical (unpaired) electrons. The van der Waals surface area contributed by atoms with Crippen LogP contribution in [0.2, 0.25) is 0 Å². The van der Waals surface area contributed by atoms with Gasteiger partial charge in [0.05, 0.1) is 25.2 Å². The fourth-order valence-electron chi connectivity index (χ4n) is 1.96. The first-order valence-electron chi connectivity index (χ1n) is 6.14. The number of halogens is 4. The molecule has 0 saturated heterocycles. The Morgan fingerprint density at radius 3 is 2.18 bits per heavy atom. The summed E-state index contributed by atoms with van der Waals surface area (Å²) >= 11 is 0. The second kappa shape index (κ2) is 7.19. The van der Waals surface area contributed by atoms with Gasteiger partial charge in [0.25, 0.3) is 0 Å². The highest BCUT2D eigenvalue weighted by Gasteiger charge is 2.42. The largest absolute Gasteiger partial charge is 0.497 e. The van der Waals surface area contributed by atoms with Crippen molar-refractivity contribution in [2.45, 2.75) is 26.1 Å². The summed E-state index contributed by atoms with van der Waals surface area (Å²) in [5.41, 5.74) is 3.49. The van der Waals surface area contributed by atoms with E-state index in [2.05, 4.69) is 4.74 Å². The lowest BCUT2D eigenvalue weighted by atomic mass is 9.79. The minimum Gasteiger partial charge on any atom is -0.497 e. The van der Waals surface area contributed by atoms with Gasteiger partial charge < -0.3 is 15.2 Å². The number of alkyl halides is 3. The van der Waals surface area contributed by atoms with Gasteiger partial charge in [-0.25, -0.2) is 0 Å². The molecule has 0 amide bonds. The molecule has 8 heteroatoms. The molecule has 0 bridgehead atoms. The monoisotopic (exact) mass is 341 g/mol. The van der Waals surface area contributed by atoms with Crippen LogP contribution in [0.5, 0.6) is 5.75 Å². The number of carbonyl (C=O) groups is 1. The molecular weight excluding hydrogens is 323 g/mol. The molecular formula is C14H19ClF3NO3. The zero-order valence-corrected chi connectivity index (χ0v) is 13.5. The third-order valence-corrected chi connectivity index (χ3v) is 3.39. The molecule has 126 valence electrons. The Hall–Kier alpha value is -1.47. The molecule has 0 fully saturated rings. The number of esters is 1. The predicted molar refractivity (Wildman–Crippen MR) is 78.0 cm³/mol. The zero-order valence-electron chi connectivity index (χ0n) is 12.7. The van der Waals surface area contributed by atoms with E-state index in [1.165, 1.54) is 33.1 Å². The van der Waals surface area contributed by atoms with Crippen LogP contribution in [-0.4, -0.2) is 20.2 Å². The van der Waals surface area contributed by atoms with Crippen LogP contribution in [-0.2, 0) is 15.7 Å². The summed E-state index contributed by atoms with van der Waals surface area (Å²) in [5, 5.41) is 0. The van der Waals surface area contributed by atoms with Crippen molar-refractivity contribution in [3.63, 3.8) is 0 Å². The van der Waals surface area contributed by atoms with E-state index < -0.39 is 29.2 Å². The number of nitrogens with two attached hydrogens (primary N) is 1. The van der Waals surface area contributed by atoms with Crippen molar-refractivity contribution >= 4 is 18.4 Å². The van der Waals surface area contributed by atoms with Gasteiger partial charge in [-0.05, 0) is 31.5 Å². The van der Waals surface area contributed by atoms with E-state index in [-0.39, 0.29) is 23.7 Å². The molecule has 0 aliphatic carbocycles. The molecule has 4 nitrogen and oxygen atoms in total. The quantitative estimate of drug-likeness (QED) is 0.853. The van der Waals surface area contributed by atoms with Gasteiger partial charge in [-0.1, -0.05) is 6.07 Å². The molecule has 0 spiro atoms. The highest BCUT2D eigenvalue weighted by atomic mass is 35.5. The molecule has 2 N–H and O–H groups in total. The van der Waals surface area contributed by atoms with Gasteiger partial charge in [-0.15, -0.1) is 12.4 Å². The maximum atomic E-state index is 13.2. The van der Waals surface area contributed by atoms with Gasteiger partial charge in [-0.3, -0.25) is 4.79 Å². The van der Waals surface area contributed by atoms with Crippen molar-refractivity contribution in [2.24, 2.45) is 11.1 Å². The lowest BCUT2D eigenvalue weighted by molar-refractivity contribution is -0.153. The van der Waals surface area contributed by atoms with Crippen molar-refractivity contribution in [3.05, 3.63) is 29.3 Å². The summed E-state index contributed by atoms with van der Waals surface area (Å²) in [7, 11) is 2.43. The van der Waals surface area contributed by atoms with Crippen molar-refractivity contribution < 1.29 is 27.4 Å². The molecule has 0 aliphatic heterocycles. The number of rotatable bonds is 4. The second-order valence-electron chi connectivity index (χ2n) is 5.14. The predicted octanol–water partition coefficient (Wildman–Crippen LogP) is 3.33. The van der Waals surface area contributed by atoms with Crippen LogP contribution >= 0.6 is 12.4 Å². The summed E-state index contributed by atoms with van der Waals surface area (Å²) in [4.78, 5) is 11.7. The standard InChI is InChI=1S/C14H18F3NO3.ClH/c1-13(2,12(19)21-4)11(18)9-6-5-8(20-3)7-10(9)14(15,16)17;/h5-7,11H,18H2,1-4H3;1H/t11-;/m0./s1. The topological polar surface area (TPSA) is 61.5 Å². The number of carbonyl (C=O) groups excluding carboxylic acids is 1. The number of ether oxygens (including phenoxy) is 2. The second-order valence-corrected chi connectivity index (χ2v) is 5.14. The van der Waals surface area contributed by atoms with E-state index in [1.54, 1.807) is 0 Å². The van der Waals surface area contributed by atoms with E-state index in [1.807, 2.05) is 0 Å². The van der Waals surface area contributed by atoms with Crippen molar-refractivity contribution in [1.82, 2.24) is 0 Å². The van der Waals surface area contributed by atoms with Crippen molar-refractivity contribution in [2.75, 3.05) is 14.2 Å². The van der Waals surface area contributed by atoms with Crippen molar-refractivity contribution in [1.29, 1.82) is 0 Å². The Bertz CT molecular complexity index is 533. The summed E-state index contributed by atoms with van der Waals surface area (Å²) in [6.45, 7) is 2.88. The van der Waals surface area contributed by atoms with Gasteiger partial charge in [0.1, 0.15) is 5.75 Å². The van der Waals surface area contributed by atoms with Crippen LogP contribution in [0.25, 0.3) is 0 Å². The van der Waals surface area contributed by atoms with Crippen LogP contribution in [0.1, 0.15) is 31.0 Å². The molecule has 1 aromatic rings. The first kappa shape index (κ1) is 20.5. The van der Waals surface area contributed by atoms with Crippen LogP contribution in [0.3, 0.4) is 0 Å². The van der Waals surface area contributed by atoms with E-state index in [0.29, 0.717) is 0 Å². The van der Waals surface area contributed by atoms with E-state index in [9.17, 15) is 18.0 Å². The highest BCUT2D eigenvalue weighted by molar-refractivity contribution is 5.85. The van der Waals surface area contributed by atoms with Crippen LogP contribution < -0.4 is 10.5 Å². The minimum absolute atomic E-state index is 0. The molecule has 0 saturated carbocycles. The van der Waals surface area contributed by atoms with Gasteiger partial charge in [0, 0.05) is 6.04 Å². The van der Waals surface area contributed by atoms with Gasteiger partial charge in [0.15, 0.2) is 0 Å². The van der Waals surface area contributed by atoms with Gasteiger partial charge in [0.2, 0.25) is 0 Å². The average Bonchev–Trinajstić information content (AvgIpc) is 2.43. The average molecular weight is 342 g/mol. The number of methoxy groups -OCH3 is 2. The Morgan fingerprint density at radius 1 is 1.23 bits per heavy atom. The fraction of sp³-hybridized carbons (Fsp3) is 0.500. The molecule has 0 aliphatic rings. The normalized spacial score (nSPS) is 13.1. The Labute approximate surface area is 133 Å². The number of benzene rings is 1. The first-order valence-corrected chi connectivity index (χ1v) is 6.14. The van der Waals surface area contributed by atoms with E-state index in [0.717, 1.165) is 13.2 Å². The van der Waals surface area contributed by atoms with Crippen LogP contribution in [0, 0.1) is 5.41 Å². The molecule has 0 unspecified atom stereocenters. The SMILES string of the molecule is COC(=O)C(C)(C)[C@@H](N)c1ccc(OC)cc1C(F)(F)F.Cl. The van der Waals surface area contributed by atoms with E-state index >= 15 is 0 Å². The van der Waals surface area contributed by atoms with Gasteiger partial charge in [-0.2, -0.15) is 13.2 Å². The van der Waals surface area contributed by atoms with Crippen LogP contribution in [0.15, 0.2) is 18.2 Å².